The number of hydrogen-bond acceptors (Lipinski definition) is 0. The zero-order chi connectivity index (χ0) is 12.9. The molecule has 0 bridgehead atoms. The van der Waals surface area contributed by atoms with E-state index in [1.54, 1.807) is 0 Å². The second kappa shape index (κ2) is 3.81. The SMILES string of the molecule is CC[N+]1=C(C)C(C)(C)c2c1ccc1c2C=CCC1. The molecule has 0 aromatic heterocycles. The van der Waals surface area contributed by atoms with Gasteiger partial charge in [0.05, 0.1) is 5.41 Å². The molecule has 0 N–H and O–H groups in total. The molecule has 94 valence electrons. The molecule has 3 rings (SSSR count). The molecule has 2 aliphatic rings. The molecule has 0 saturated heterocycles. The lowest BCUT2D eigenvalue weighted by Gasteiger charge is -2.21. The second-order valence-electron chi connectivity index (χ2n) is 5.93. The zero-order valence-corrected chi connectivity index (χ0v) is 11.9. The van der Waals surface area contributed by atoms with Gasteiger partial charge in [-0.05, 0) is 44.7 Å². The normalized spacial score (nSPS) is 20.0. The van der Waals surface area contributed by atoms with E-state index < -0.39 is 0 Å². The maximum atomic E-state index is 2.47. The van der Waals surface area contributed by atoms with Crippen LogP contribution in [0.25, 0.3) is 6.08 Å². The van der Waals surface area contributed by atoms with Crippen LogP contribution < -0.4 is 0 Å². The van der Waals surface area contributed by atoms with Crippen molar-refractivity contribution in [1.82, 2.24) is 0 Å². The molecule has 0 fully saturated rings. The summed E-state index contributed by atoms with van der Waals surface area (Å²) in [7, 11) is 0. The van der Waals surface area contributed by atoms with Crippen molar-refractivity contribution in [2.45, 2.75) is 46.0 Å². The Morgan fingerprint density at radius 1 is 1.28 bits per heavy atom. The summed E-state index contributed by atoms with van der Waals surface area (Å²) in [6, 6.07) is 4.66. The van der Waals surface area contributed by atoms with Crippen molar-refractivity contribution in [3.63, 3.8) is 0 Å². The van der Waals surface area contributed by atoms with Crippen LogP contribution in [0.2, 0.25) is 0 Å². The molecule has 1 aliphatic carbocycles. The molecule has 0 unspecified atom stereocenters. The van der Waals surface area contributed by atoms with Crippen LogP contribution in [0.4, 0.5) is 5.69 Å². The summed E-state index contributed by atoms with van der Waals surface area (Å²) in [5, 5.41) is 0. The Morgan fingerprint density at radius 3 is 2.78 bits per heavy atom. The molecule has 0 atom stereocenters. The van der Waals surface area contributed by atoms with E-state index in [2.05, 4.69) is 56.6 Å². The van der Waals surface area contributed by atoms with Crippen LogP contribution in [0.3, 0.4) is 0 Å². The Bertz CT molecular complexity index is 574. The van der Waals surface area contributed by atoms with Crippen molar-refractivity contribution in [3.05, 3.63) is 34.9 Å². The third-order valence-corrected chi connectivity index (χ3v) is 4.72. The number of rotatable bonds is 1. The monoisotopic (exact) mass is 240 g/mol. The molecule has 18 heavy (non-hydrogen) atoms. The van der Waals surface area contributed by atoms with Gasteiger partial charge >= 0.3 is 0 Å². The summed E-state index contributed by atoms with van der Waals surface area (Å²) < 4.78 is 2.47. The van der Waals surface area contributed by atoms with Crippen LogP contribution >= 0.6 is 0 Å². The molecule has 0 spiro atoms. The first-order valence-electron chi connectivity index (χ1n) is 7.02. The van der Waals surface area contributed by atoms with Crippen LogP contribution in [0.15, 0.2) is 18.2 Å². The summed E-state index contributed by atoms with van der Waals surface area (Å²) in [6.45, 7) is 10.3. The molecule has 1 aromatic rings. The zero-order valence-electron chi connectivity index (χ0n) is 11.9. The standard InChI is InChI=1S/C17H22N/c1-5-18-12(2)17(3,4)16-14-9-7-6-8-13(14)10-11-15(16)18/h7,9-11H,5-6,8H2,1-4H3/q+1. The highest BCUT2D eigenvalue weighted by atomic mass is 15.0. The number of aryl methyl sites for hydroxylation is 1. The largest absolute Gasteiger partial charge is 0.210 e. The van der Waals surface area contributed by atoms with E-state index in [-0.39, 0.29) is 5.41 Å². The summed E-state index contributed by atoms with van der Waals surface area (Å²) >= 11 is 0. The minimum absolute atomic E-state index is 0.165. The van der Waals surface area contributed by atoms with Gasteiger partial charge in [0.25, 0.3) is 0 Å². The molecule has 0 radical (unpaired) electrons. The third-order valence-electron chi connectivity index (χ3n) is 4.72. The van der Waals surface area contributed by atoms with Crippen LogP contribution in [0, 0.1) is 0 Å². The van der Waals surface area contributed by atoms with Crippen LogP contribution in [0.5, 0.6) is 0 Å². The van der Waals surface area contributed by atoms with Gasteiger partial charge in [0.15, 0.2) is 5.71 Å². The fourth-order valence-electron chi connectivity index (χ4n) is 3.49. The van der Waals surface area contributed by atoms with Gasteiger partial charge in [0, 0.05) is 18.6 Å². The van der Waals surface area contributed by atoms with Crippen molar-refractivity contribution in [2.24, 2.45) is 0 Å². The predicted octanol–water partition coefficient (Wildman–Crippen LogP) is 4.06. The lowest BCUT2D eigenvalue weighted by Crippen LogP contribution is -2.27. The maximum Gasteiger partial charge on any atom is 0.210 e. The van der Waals surface area contributed by atoms with E-state index in [1.165, 1.54) is 40.9 Å². The highest BCUT2D eigenvalue weighted by Gasteiger charge is 2.44. The van der Waals surface area contributed by atoms with Gasteiger partial charge in [-0.25, -0.2) is 0 Å². The van der Waals surface area contributed by atoms with Gasteiger partial charge in [0.1, 0.15) is 6.54 Å². The summed E-state index contributed by atoms with van der Waals surface area (Å²) in [4.78, 5) is 0. The molecule has 1 heterocycles. The number of hydrogen-bond donors (Lipinski definition) is 0. The molecule has 0 amide bonds. The van der Waals surface area contributed by atoms with Crippen molar-refractivity contribution < 1.29 is 4.58 Å². The molecule has 1 heteroatoms. The molecular weight excluding hydrogens is 218 g/mol. The van der Waals surface area contributed by atoms with E-state index >= 15 is 0 Å². The van der Waals surface area contributed by atoms with E-state index in [0.717, 1.165) is 6.54 Å². The van der Waals surface area contributed by atoms with Crippen molar-refractivity contribution in [1.29, 1.82) is 0 Å². The number of benzene rings is 1. The number of nitrogens with zero attached hydrogens (tertiary/aromatic N) is 1. The summed E-state index contributed by atoms with van der Waals surface area (Å²) in [5.41, 5.74) is 7.61. The molecule has 0 saturated carbocycles. The fourth-order valence-corrected chi connectivity index (χ4v) is 3.49. The van der Waals surface area contributed by atoms with Gasteiger partial charge in [0.2, 0.25) is 5.69 Å². The first-order valence-corrected chi connectivity index (χ1v) is 7.02. The van der Waals surface area contributed by atoms with Gasteiger partial charge in [-0.15, -0.1) is 0 Å². The molecular formula is C17H22N+. The van der Waals surface area contributed by atoms with E-state index in [4.69, 9.17) is 0 Å². The van der Waals surface area contributed by atoms with Crippen molar-refractivity contribution in [3.8, 4) is 0 Å². The van der Waals surface area contributed by atoms with Gasteiger partial charge < -0.3 is 0 Å². The van der Waals surface area contributed by atoms with Crippen LogP contribution in [-0.4, -0.2) is 16.8 Å². The maximum absolute atomic E-state index is 2.47. The Hall–Kier alpha value is -1.37. The second-order valence-corrected chi connectivity index (χ2v) is 5.93. The first-order chi connectivity index (χ1) is 8.57. The van der Waals surface area contributed by atoms with Gasteiger partial charge in [-0.1, -0.05) is 18.2 Å². The number of allylic oxidation sites excluding steroid dienone is 1. The quantitative estimate of drug-likeness (QED) is 0.651. The topological polar surface area (TPSA) is 3.01 Å². The average Bonchev–Trinajstić information content (AvgIpc) is 2.57. The third kappa shape index (κ3) is 1.36. The van der Waals surface area contributed by atoms with Crippen molar-refractivity contribution >= 4 is 17.5 Å². The Morgan fingerprint density at radius 2 is 2.06 bits per heavy atom. The summed E-state index contributed by atoms with van der Waals surface area (Å²) in [6.07, 6.45) is 7.04. The highest BCUT2D eigenvalue weighted by Crippen LogP contribution is 2.44. The minimum atomic E-state index is 0.165. The smallest absolute Gasteiger partial charge is 0.199 e. The molecule has 1 nitrogen and oxygen atoms in total. The molecule has 1 aromatic carbocycles. The predicted molar refractivity (Wildman–Crippen MR) is 78.0 cm³/mol. The highest BCUT2D eigenvalue weighted by molar-refractivity contribution is 5.95. The Labute approximate surface area is 110 Å². The minimum Gasteiger partial charge on any atom is -0.199 e. The molecule has 1 aliphatic heterocycles. The lowest BCUT2D eigenvalue weighted by atomic mass is 9.77. The van der Waals surface area contributed by atoms with E-state index in [0.29, 0.717) is 0 Å². The van der Waals surface area contributed by atoms with E-state index in [9.17, 15) is 0 Å². The fraction of sp³-hybridized carbons (Fsp3) is 0.471. The van der Waals surface area contributed by atoms with Crippen LogP contribution in [0.1, 0.15) is 50.8 Å². The van der Waals surface area contributed by atoms with Gasteiger partial charge in [-0.2, -0.15) is 4.58 Å². The van der Waals surface area contributed by atoms with E-state index in [1.807, 2.05) is 0 Å². The lowest BCUT2D eigenvalue weighted by molar-refractivity contribution is -0.434. The Balaban J connectivity index is 2.32. The van der Waals surface area contributed by atoms with Crippen LogP contribution in [-0.2, 0) is 11.8 Å². The average molecular weight is 240 g/mol. The number of fused-ring (bicyclic) bond motifs is 3. The first kappa shape index (κ1) is 11.7. The van der Waals surface area contributed by atoms with Gasteiger partial charge in [-0.3, -0.25) is 0 Å². The van der Waals surface area contributed by atoms with Crippen molar-refractivity contribution in [2.75, 3.05) is 6.54 Å². The Kier molecular flexibility index (Phi) is 2.48. The summed E-state index contributed by atoms with van der Waals surface area (Å²) in [5.74, 6) is 0.